The Morgan fingerprint density at radius 1 is 1.29 bits per heavy atom. The average Bonchev–Trinajstić information content (AvgIpc) is 2.29. The van der Waals surface area contributed by atoms with Gasteiger partial charge in [-0.2, -0.15) is 12.6 Å². The van der Waals surface area contributed by atoms with E-state index in [-0.39, 0.29) is 18.7 Å². The minimum atomic E-state index is -1.03. The Hall–Kier alpha value is -1.49. The van der Waals surface area contributed by atoms with E-state index in [1.165, 1.54) is 0 Å². The lowest BCUT2D eigenvalue weighted by Gasteiger charge is -2.14. The zero-order chi connectivity index (χ0) is 12.7. The zero-order valence-corrected chi connectivity index (χ0v) is 10.2. The van der Waals surface area contributed by atoms with Gasteiger partial charge >= 0.3 is 5.97 Å². The molecule has 0 saturated carbocycles. The fourth-order valence-corrected chi connectivity index (χ4v) is 1.62. The number of carboxylic acids is 1. The first-order valence-corrected chi connectivity index (χ1v) is 5.93. The van der Waals surface area contributed by atoms with Crippen molar-refractivity contribution in [2.75, 3.05) is 5.75 Å². The molecule has 0 aliphatic rings. The summed E-state index contributed by atoms with van der Waals surface area (Å²) >= 11 is 3.93. The van der Waals surface area contributed by atoms with Crippen molar-refractivity contribution in [1.82, 2.24) is 5.32 Å². The number of hydrogen-bond acceptors (Lipinski definition) is 3. The van der Waals surface area contributed by atoms with Gasteiger partial charge in [-0.3, -0.25) is 4.79 Å². The van der Waals surface area contributed by atoms with E-state index in [9.17, 15) is 9.59 Å². The number of nitrogens with one attached hydrogen (secondary N) is 1. The third-order valence-electron chi connectivity index (χ3n) is 2.25. The lowest BCUT2D eigenvalue weighted by Crippen LogP contribution is -2.42. The van der Waals surface area contributed by atoms with Crippen LogP contribution in [-0.2, 0) is 16.0 Å². The van der Waals surface area contributed by atoms with E-state index in [4.69, 9.17) is 5.11 Å². The number of carbonyl (C=O) groups is 2. The minimum absolute atomic E-state index is 0.224. The molecule has 0 radical (unpaired) electrons. The highest BCUT2D eigenvalue weighted by Gasteiger charge is 2.19. The van der Waals surface area contributed by atoms with Crippen molar-refractivity contribution in [2.24, 2.45) is 0 Å². The molecule has 17 heavy (non-hydrogen) atoms. The van der Waals surface area contributed by atoms with Crippen molar-refractivity contribution < 1.29 is 14.7 Å². The number of hydrogen-bond donors (Lipinski definition) is 3. The number of rotatable bonds is 6. The predicted octanol–water partition coefficient (Wildman–Crippen LogP) is 1.12. The molecule has 1 aromatic carbocycles. The summed E-state index contributed by atoms with van der Waals surface area (Å²) < 4.78 is 0. The van der Waals surface area contributed by atoms with Gasteiger partial charge in [0.05, 0.1) is 0 Å². The molecule has 0 heterocycles. The van der Waals surface area contributed by atoms with Crippen molar-refractivity contribution in [2.45, 2.75) is 18.9 Å². The second kappa shape index (κ2) is 6.96. The summed E-state index contributed by atoms with van der Waals surface area (Å²) in [6.45, 7) is 0. The second-order valence-corrected chi connectivity index (χ2v) is 4.07. The van der Waals surface area contributed by atoms with Gasteiger partial charge < -0.3 is 10.4 Å². The normalized spacial score (nSPS) is 11.8. The summed E-state index contributed by atoms with van der Waals surface area (Å²) in [5.74, 6) is -0.909. The fraction of sp³-hybridized carbons (Fsp3) is 0.333. The first-order chi connectivity index (χ1) is 8.13. The molecule has 0 bridgehead atoms. The molecular formula is C12H15NO3S. The van der Waals surface area contributed by atoms with Crippen LogP contribution >= 0.6 is 12.6 Å². The van der Waals surface area contributed by atoms with Crippen LogP contribution < -0.4 is 5.32 Å². The van der Waals surface area contributed by atoms with Gasteiger partial charge in [0, 0.05) is 12.8 Å². The number of carbonyl (C=O) groups excluding carboxylic acids is 1. The van der Waals surface area contributed by atoms with E-state index in [1.54, 1.807) is 0 Å². The lowest BCUT2D eigenvalue weighted by molar-refractivity contribution is -0.141. The standard InChI is InChI=1S/C12H15NO3S/c14-11(6-7-17)13-10(12(15)16)8-9-4-2-1-3-5-9/h1-5,10,17H,6-8H2,(H,13,14)(H,15,16)/t10-/m0/s1. The van der Waals surface area contributed by atoms with Crippen LogP contribution in [0.15, 0.2) is 30.3 Å². The van der Waals surface area contributed by atoms with Gasteiger partial charge in [0.15, 0.2) is 0 Å². The molecule has 0 aliphatic heterocycles. The van der Waals surface area contributed by atoms with Crippen molar-refractivity contribution in [3.63, 3.8) is 0 Å². The molecule has 0 aromatic heterocycles. The summed E-state index contributed by atoms with van der Waals surface area (Å²) in [6, 6.07) is 8.32. The molecule has 1 amide bonds. The van der Waals surface area contributed by atoms with Crippen LogP contribution in [0.3, 0.4) is 0 Å². The Labute approximate surface area is 105 Å². The van der Waals surface area contributed by atoms with Crippen LogP contribution in [0.1, 0.15) is 12.0 Å². The van der Waals surface area contributed by atoms with E-state index >= 15 is 0 Å². The largest absolute Gasteiger partial charge is 0.480 e. The fourth-order valence-electron chi connectivity index (χ4n) is 1.42. The summed E-state index contributed by atoms with van der Waals surface area (Å²) in [6.07, 6.45) is 0.510. The molecule has 5 heteroatoms. The molecule has 0 saturated heterocycles. The highest BCUT2D eigenvalue weighted by atomic mass is 32.1. The highest BCUT2D eigenvalue weighted by Crippen LogP contribution is 2.03. The van der Waals surface area contributed by atoms with Crippen LogP contribution in [-0.4, -0.2) is 28.8 Å². The van der Waals surface area contributed by atoms with Gasteiger partial charge in [0.25, 0.3) is 0 Å². The van der Waals surface area contributed by atoms with Gasteiger partial charge in [-0.1, -0.05) is 30.3 Å². The maximum absolute atomic E-state index is 11.3. The van der Waals surface area contributed by atoms with Crippen LogP contribution in [0, 0.1) is 0 Å². The smallest absolute Gasteiger partial charge is 0.326 e. The SMILES string of the molecule is O=C(CCS)N[C@@H](Cc1ccccc1)C(=O)O. The summed E-state index contributed by atoms with van der Waals surface area (Å²) in [5, 5.41) is 11.5. The number of thiol groups is 1. The van der Waals surface area contributed by atoms with Crippen LogP contribution in [0.2, 0.25) is 0 Å². The van der Waals surface area contributed by atoms with Gasteiger partial charge in [0.2, 0.25) is 5.91 Å². The molecule has 0 aliphatic carbocycles. The lowest BCUT2D eigenvalue weighted by atomic mass is 10.1. The third-order valence-corrected chi connectivity index (χ3v) is 2.48. The van der Waals surface area contributed by atoms with Crippen molar-refractivity contribution in [3.05, 3.63) is 35.9 Å². The molecule has 1 rings (SSSR count). The minimum Gasteiger partial charge on any atom is -0.480 e. The molecule has 4 nitrogen and oxygen atoms in total. The molecule has 1 aromatic rings. The maximum Gasteiger partial charge on any atom is 0.326 e. The molecule has 92 valence electrons. The Bertz CT molecular complexity index is 381. The molecule has 0 unspecified atom stereocenters. The number of amides is 1. The Balaban J connectivity index is 2.61. The molecule has 0 fully saturated rings. The van der Waals surface area contributed by atoms with Crippen LogP contribution in [0.4, 0.5) is 0 Å². The first-order valence-electron chi connectivity index (χ1n) is 5.30. The van der Waals surface area contributed by atoms with Crippen LogP contribution in [0.5, 0.6) is 0 Å². The van der Waals surface area contributed by atoms with Gasteiger partial charge in [-0.25, -0.2) is 4.79 Å². The number of carboxylic acid groups (broad SMARTS) is 1. The first kappa shape index (κ1) is 13.6. The Morgan fingerprint density at radius 2 is 1.94 bits per heavy atom. The van der Waals surface area contributed by atoms with E-state index in [0.717, 1.165) is 5.56 Å². The topological polar surface area (TPSA) is 66.4 Å². The van der Waals surface area contributed by atoms with Crippen LogP contribution in [0.25, 0.3) is 0 Å². The molecule has 1 atom stereocenters. The number of aliphatic carboxylic acids is 1. The highest BCUT2D eigenvalue weighted by molar-refractivity contribution is 7.80. The molecule has 2 N–H and O–H groups in total. The zero-order valence-electron chi connectivity index (χ0n) is 9.30. The van der Waals surface area contributed by atoms with E-state index in [0.29, 0.717) is 5.75 Å². The Morgan fingerprint density at radius 3 is 2.47 bits per heavy atom. The summed E-state index contributed by atoms with van der Waals surface area (Å²) in [7, 11) is 0. The van der Waals surface area contributed by atoms with Gasteiger partial charge in [-0.05, 0) is 11.3 Å². The quantitative estimate of drug-likeness (QED) is 0.666. The monoisotopic (exact) mass is 253 g/mol. The third kappa shape index (κ3) is 4.91. The van der Waals surface area contributed by atoms with E-state index in [1.807, 2.05) is 30.3 Å². The van der Waals surface area contributed by atoms with Crippen molar-refractivity contribution in [1.29, 1.82) is 0 Å². The van der Waals surface area contributed by atoms with Gasteiger partial charge in [-0.15, -0.1) is 0 Å². The maximum atomic E-state index is 11.3. The van der Waals surface area contributed by atoms with Crippen molar-refractivity contribution in [3.8, 4) is 0 Å². The average molecular weight is 253 g/mol. The van der Waals surface area contributed by atoms with E-state index < -0.39 is 12.0 Å². The second-order valence-electron chi connectivity index (χ2n) is 3.62. The molecular weight excluding hydrogens is 238 g/mol. The van der Waals surface area contributed by atoms with Gasteiger partial charge in [0.1, 0.15) is 6.04 Å². The Kier molecular flexibility index (Phi) is 5.56. The summed E-state index contributed by atoms with van der Waals surface area (Å²) in [4.78, 5) is 22.3. The summed E-state index contributed by atoms with van der Waals surface area (Å²) in [5.41, 5.74) is 0.881. The van der Waals surface area contributed by atoms with E-state index in [2.05, 4.69) is 17.9 Å². The molecule has 0 spiro atoms. The number of benzene rings is 1. The van der Waals surface area contributed by atoms with Crippen molar-refractivity contribution >= 4 is 24.5 Å². The predicted molar refractivity (Wildman–Crippen MR) is 68.2 cm³/mol.